The number of nitrogens with one attached hydrogen (secondary N) is 5. The molecular weight excluding hydrogens is 779 g/mol. The summed E-state index contributed by atoms with van der Waals surface area (Å²) < 4.78 is 16.3. The fourth-order valence-electron chi connectivity index (χ4n) is 9.11. The summed E-state index contributed by atoms with van der Waals surface area (Å²) in [6, 6.07) is 10.6. The van der Waals surface area contributed by atoms with Crippen LogP contribution in [0.1, 0.15) is 102 Å². The molecule has 5 N–H and O–H groups in total. The molecule has 5 atom stereocenters. The predicted octanol–water partition coefficient (Wildman–Crippen LogP) is 7.55. The number of aromatic nitrogens is 5. The van der Waals surface area contributed by atoms with Crippen LogP contribution in [0, 0.1) is 11.8 Å². The van der Waals surface area contributed by atoms with Crippen LogP contribution >= 0.6 is 0 Å². The van der Waals surface area contributed by atoms with Crippen molar-refractivity contribution in [2.24, 2.45) is 11.8 Å². The first-order valence-electron chi connectivity index (χ1n) is 21.3. The van der Waals surface area contributed by atoms with Gasteiger partial charge in [0.2, 0.25) is 11.8 Å². The smallest absolute Gasteiger partial charge is 0.407 e. The number of carbonyl (C=O) groups excluding carboxylic acids is 4. The Hall–Kier alpha value is -6.32. The molecule has 3 aliphatic heterocycles. The number of imidazole rings is 2. The summed E-state index contributed by atoms with van der Waals surface area (Å²) in [5.74, 6) is 1.63. The van der Waals surface area contributed by atoms with Gasteiger partial charge in [0.15, 0.2) is 0 Å². The Kier molecular flexibility index (Phi) is 11.5. The SMILES string of the molecule is CCC1Oc2cc(-c3cnc(C4CCCN4C(=O)C(NC(=O)OC)C(C)C)[nH]3)ccc2-c2[nH]c3ccc(-c4cnc(C5CCCN5C(=O)C(NC(=O)OC)C(C)C)[nH]4)cc3c21. The van der Waals surface area contributed by atoms with Gasteiger partial charge in [-0.05, 0) is 68.2 Å². The summed E-state index contributed by atoms with van der Waals surface area (Å²) >= 11 is 0. The number of hydrogen-bond donors (Lipinski definition) is 5. The van der Waals surface area contributed by atoms with Crippen molar-refractivity contribution in [3.63, 3.8) is 0 Å². The fraction of sp³-hybridized carbons (Fsp3) is 0.467. The predicted molar refractivity (Wildman–Crippen MR) is 228 cm³/mol. The molecular formula is C45H55N9O7. The highest BCUT2D eigenvalue weighted by atomic mass is 16.5. The third-order valence-electron chi connectivity index (χ3n) is 12.4. The van der Waals surface area contributed by atoms with Gasteiger partial charge in [0.1, 0.15) is 35.6 Å². The molecule has 0 aliphatic carbocycles. The van der Waals surface area contributed by atoms with E-state index in [0.29, 0.717) is 24.7 Å². The lowest BCUT2D eigenvalue weighted by Crippen LogP contribution is -2.51. The molecule has 5 aromatic rings. The molecule has 2 saturated heterocycles. The first-order chi connectivity index (χ1) is 29.4. The van der Waals surface area contributed by atoms with Crippen LogP contribution in [-0.4, -0.2) is 98.1 Å². The van der Waals surface area contributed by atoms with Crippen LogP contribution in [0.25, 0.3) is 44.7 Å². The van der Waals surface area contributed by atoms with Crippen molar-refractivity contribution >= 4 is 34.9 Å². The van der Waals surface area contributed by atoms with Gasteiger partial charge in [0.05, 0.1) is 55.8 Å². The lowest BCUT2D eigenvalue weighted by atomic mass is 9.94. The number of benzene rings is 2. The van der Waals surface area contributed by atoms with E-state index in [-0.39, 0.29) is 41.8 Å². The molecule has 3 aliphatic rings. The summed E-state index contributed by atoms with van der Waals surface area (Å²) in [5.41, 5.74) is 7.60. The third-order valence-corrected chi connectivity index (χ3v) is 12.4. The van der Waals surface area contributed by atoms with Crippen LogP contribution in [0.4, 0.5) is 9.59 Å². The van der Waals surface area contributed by atoms with Crippen LogP contribution in [-0.2, 0) is 19.1 Å². The number of aromatic amines is 3. The van der Waals surface area contributed by atoms with E-state index >= 15 is 0 Å². The lowest BCUT2D eigenvalue weighted by molar-refractivity contribution is -0.136. The van der Waals surface area contributed by atoms with E-state index < -0.39 is 24.3 Å². The van der Waals surface area contributed by atoms with Gasteiger partial charge in [-0.1, -0.05) is 46.8 Å². The molecule has 0 spiro atoms. The molecule has 2 fully saturated rings. The number of methoxy groups -OCH3 is 2. The third kappa shape index (κ3) is 7.79. The second-order valence-corrected chi connectivity index (χ2v) is 16.9. The van der Waals surface area contributed by atoms with E-state index in [1.54, 1.807) is 6.20 Å². The minimum Gasteiger partial charge on any atom is -0.485 e. The normalized spacial score (nSPS) is 19.4. The van der Waals surface area contributed by atoms with Crippen LogP contribution in [0.2, 0.25) is 0 Å². The van der Waals surface area contributed by atoms with Crippen molar-refractivity contribution < 1.29 is 33.4 Å². The Balaban J connectivity index is 1.03. The average molecular weight is 834 g/mol. The molecule has 16 heteroatoms. The number of carbonyl (C=O) groups is 4. The minimum atomic E-state index is -0.708. The topological polar surface area (TPSA) is 200 Å². The maximum atomic E-state index is 13.7. The molecule has 16 nitrogen and oxygen atoms in total. The van der Waals surface area contributed by atoms with E-state index in [2.05, 4.69) is 62.8 Å². The number of alkyl carbamates (subject to hydrolysis) is 2. The number of amides is 4. The number of fused-ring (bicyclic) bond motifs is 5. The zero-order valence-corrected chi connectivity index (χ0v) is 35.8. The van der Waals surface area contributed by atoms with Crippen molar-refractivity contribution in [2.45, 2.75) is 97.0 Å². The highest BCUT2D eigenvalue weighted by Crippen LogP contribution is 2.48. The number of nitrogens with zero attached hydrogens (tertiary/aromatic N) is 4. The summed E-state index contributed by atoms with van der Waals surface area (Å²) in [5, 5.41) is 6.48. The molecule has 0 bridgehead atoms. The highest BCUT2D eigenvalue weighted by molar-refractivity contribution is 5.96. The van der Waals surface area contributed by atoms with E-state index in [9.17, 15) is 19.2 Å². The number of rotatable bonds is 11. The second-order valence-electron chi connectivity index (χ2n) is 16.9. The van der Waals surface area contributed by atoms with Crippen molar-refractivity contribution in [3.8, 4) is 39.5 Å². The number of ether oxygens (including phenoxy) is 3. The molecule has 2 aromatic carbocycles. The number of hydrogen-bond acceptors (Lipinski definition) is 9. The molecule has 61 heavy (non-hydrogen) atoms. The van der Waals surface area contributed by atoms with Crippen LogP contribution < -0.4 is 15.4 Å². The molecule has 4 amide bonds. The molecule has 0 saturated carbocycles. The zero-order chi connectivity index (χ0) is 43.1. The largest absolute Gasteiger partial charge is 0.485 e. The van der Waals surface area contributed by atoms with Gasteiger partial charge in [0, 0.05) is 46.2 Å². The maximum absolute atomic E-state index is 13.7. The van der Waals surface area contributed by atoms with Gasteiger partial charge < -0.3 is 49.6 Å². The Labute approximate surface area is 354 Å². The van der Waals surface area contributed by atoms with Gasteiger partial charge >= 0.3 is 12.2 Å². The van der Waals surface area contributed by atoms with Gasteiger partial charge in [-0.25, -0.2) is 19.6 Å². The molecule has 8 rings (SSSR count). The number of likely N-dealkylation sites (tertiary alicyclic amines) is 2. The van der Waals surface area contributed by atoms with Crippen LogP contribution in [0.3, 0.4) is 0 Å². The summed E-state index contributed by atoms with van der Waals surface area (Å²) in [6.07, 6.45) is 6.09. The Bertz CT molecular complexity index is 2450. The van der Waals surface area contributed by atoms with Crippen molar-refractivity contribution in [3.05, 3.63) is 66.0 Å². The standard InChI is InChI=1S/C45H55N9O7/c1-8-34-36-28-19-25(30-21-46-40(49-30)32-11-9-17-53(32)42(55)37(23(2)3)51-44(57)59-6)14-16-29(28)48-39(36)27-15-13-26(20-35(27)61-34)31-22-47-41(50-31)33-12-10-18-54(33)43(56)38(24(4)5)52-45(58)60-7/h13-16,19-24,32-34,37-38,48H,8-12,17-18H2,1-7H3,(H,46,49)(H,47,50)(H,51,57)(H,52,58). The fourth-order valence-corrected chi connectivity index (χ4v) is 9.11. The molecule has 6 heterocycles. The van der Waals surface area contributed by atoms with Crippen molar-refractivity contribution in [2.75, 3.05) is 27.3 Å². The van der Waals surface area contributed by atoms with E-state index in [1.807, 2.05) is 49.8 Å². The summed E-state index contributed by atoms with van der Waals surface area (Å²) in [4.78, 5) is 75.3. The summed E-state index contributed by atoms with van der Waals surface area (Å²) in [6.45, 7) is 10.9. The van der Waals surface area contributed by atoms with E-state index in [1.165, 1.54) is 14.2 Å². The van der Waals surface area contributed by atoms with Gasteiger partial charge in [0.25, 0.3) is 0 Å². The first kappa shape index (κ1) is 41.4. The van der Waals surface area contributed by atoms with Crippen molar-refractivity contribution in [1.29, 1.82) is 0 Å². The number of H-pyrrole nitrogens is 3. The quantitative estimate of drug-likeness (QED) is 0.0892. The van der Waals surface area contributed by atoms with Crippen molar-refractivity contribution in [1.82, 2.24) is 45.4 Å². The minimum absolute atomic E-state index is 0.120. The lowest BCUT2D eigenvalue weighted by Gasteiger charge is -2.30. The summed E-state index contributed by atoms with van der Waals surface area (Å²) in [7, 11) is 2.58. The maximum Gasteiger partial charge on any atom is 0.407 e. The Morgan fingerprint density at radius 1 is 0.770 bits per heavy atom. The zero-order valence-electron chi connectivity index (χ0n) is 35.8. The molecule has 3 aromatic heterocycles. The van der Waals surface area contributed by atoms with Gasteiger partial charge in [-0.15, -0.1) is 0 Å². The van der Waals surface area contributed by atoms with E-state index in [4.69, 9.17) is 24.2 Å². The second kappa shape index (κ2) is 17.0. The first-order valence-corrected chi connectivity index (χ1v) is 21.3. The Morgan fingerprint density at radius 3 is 1.80 bits per heavy atom. The Morgan fingerprint density at radius 2 is 1.30 bits per heavy atom. The van der Waals surface area contributed by atoms with Crippen LogP contribution in [0.5, 0.6) is 5.75 Å². The van der Waals surface area contributed by atoms with Gasteiger partial charge in [-0.2, -0.15) is 0 Å². The monoisotopic (exact) mass is 833 g/mol. The van der Waals surface area contributed by atoms with Crippen LogP contribution in [0.15, 0.2) is 48.8 Å². The van der Waals surface area contributed by atoms with E-state index in [0.717, 1.165) is 88.1 Å². The molecule has 5 unspecified atom stereocenters. The molecule has 322 valence electrons. The highest BCUT2D eigenvalue weighted by Gasteiger charge is 2.39. The average Bonchev–Trinajstić information content (AvgIpc) is 4.12. The van der Waals surface area contributed by atoms with Gasteiger partial charge in [-0.3, -0.25) is 9.59 Å². The molecule has 0 radical (unpaired) electrons.